The second-order valence-electron chi connectivity index (χ2n) is 10.8. The zero-order chi connectivity index (χ0) is 23.8. The molecule has 0 saturated heterocycles. The highest BCUT2D eigenvalue weighted by molar-refractivity contribution is 9.10. The van der Waals surface area contributed by atoms with Gasteiger partial charge in [0.15, 0.2) is 0 Å². The Morgan fingerprint density at radius 2 is 1.06 bits per heavy atom. The van der Waals surface area contributed by atoms with Gasteiger partial charge in [-0.25, -0.2) is 0 Å². The molecule has 2 aromatic rings. The largest absolute Gasteiger partial charge is 0.0654 e. The number of fused-ring (bicyclic) bond motifs is 3. The summed E-state index contributed by atoms with van der Waals surface area (Å²) in [7, 11) is 0. The van der Waals surface area contributed by atoms with Crippen molar-refractivity contribution in [2.45, 2.75) is 110 Å². The molecule has 0 saturated carbocycles. The Morgan fingerprint density at radius 3 is 1.45 bits per heavy atom. The van der Waals surface area contributed by atoms with Crippen molar-refractivity contribution in [2.24, 2.45) is 11.8 Å². The molecule has 33 heavy (non-hydrogen) atoms. The van der Waals surface area contributed by atoms with E-state index in [-0.39, 0.29) is 5.41 Å². The van der Waals surface area contributed by atoms with E-state index < -0.39 is 0 Å². The fourth-order valence-corrected chi connectivity index (χ4v) is 6.92. The van der Waals surface area contributed by atoms with E-state index in [9.17, 15) is 0 Å². The van der Waals surface area contributed by atoms with E-state index in [0.29, 0.717) is 0 Å². The van der Waals surface area contributed by atoms with Gasteiger partial charge in [-0.05, 0) is 71.2 Å². The summed E-state index contributed by atoms with van der Waals surface area (Å²) in [6.07, 6.45) is 16.1. The van der Waals surface area contributed by atoms with Gasteiger partial charge in [-0.1, -0.05) is 136 Å². The van der Waals surface area contributed by atoms with Gasteiger partial charge in [0.1, 0.15) is 0 Å². The first-order valence-electron chi connectivity index (χ1n) is 13.5. The summed E-state index contributed by atoms with van der Waals surface area (Å²) in [4.78, 5) is 0. The molecule has 2 atom stereocenters. The Kier molecular flexibility index (Phi) is 10.6. The molecule has 0 aliphatic heterocycles. The maximum absolute atomic E-state index is 3.82. The Balaban J connectivity index is 1.95. The van der Waals surface area contributed by atoms with Gasteiger partial charge in [0.2, 0.25) is 0 Å². The summed E-state index contributed by atoms with van der Waals surface area (Å²) in [5, 5.41) is 0. The third-order valence-corrected chi connectivity index (χ3v) is 8.77. The normalized spacial score (nSPS) is 15.8. The van der Waals surface area contributed by atoms with Gasteiger partial charge in [-0.15, -0.1) is 0 Å². The Morgan fingerprint density at radius 1 is 0.636 bits per heavy atom. The van der Waals surface area contributed by atoms with E-state index in [2.05, 4.69) is 96.0 Å². The molecule has 0 spiro atoms. The molecule has 0 radical (unpaired) electrons. The van der Waals surface area contributed by atoms with Gasteiger partial charge in [-0.3, -0.25) is 0 Å². The van der Waals surface area contributed by atoms with Crippen LogP contribution in [0, 0.1) is 11.8 Å². The first-order chi connectivity index (χ1) is 15.9. The maximum Gasteiger partial charge on any atom is 0.0221 e. The highest BCUT2D eigenvalue weighted by atomic mass is 79.9. The van der Waals surface area contributed by atoms with Crippen LogP contribution in [0.3, 0.4) is 0 Å². The van der Waals surface area contributed by atoms with E-state index in [0.717, 1.165) is 11.8 Å². The number of unbranched alkanes of at least 4 members (excludes halogenated alkanes) is 6. The summed E-state index contributed by atoms with van der Waals surface area (Å²) in [6, 6.07) is 14.0. The Hall–Kier alpha value is -0.600. The maximum atomic E-state index is 3.82. The molecule has 2 aromatic carbocycles. The monoisotopic (exact) mass is 574 g/mol. The predicted octanol–water partition coefficient (Wildman–Crippen LogP) is 11.5. The standard InChI is InChI=1S/C31H44Br2/c1-5-7-9-11-13-23(3)21-31(22-24(4)14-12-10-8-6-2)29-19-25(32)15-17-27(29)28-18-16-26(33)20-30(28)31/h15-20,23-24H,5-14,21-22H2,1-4H3/t23-,24-/m0/s1. The number of hydrogen-bond acceptors (Lipinski definition) is 0. The van der Waals surface area contributed by atoms with E-state index in [1.807, 2.05) is 0 Å². The van der Waals surface area contributed by atoms with Crippen LogP contribution >= 0.6 is 31.9 Å². The minimum absolute atomic E-state index is 0.118. The van der Waals surface area contributed by atoms with Crippen LogP contribution in [0.1, 0.15) is 116 Å². The molecule has 0 fully saturated rings. The average molecular weight is 577 g/mol. The minimum Gasteiger partial charge on any atom is -0.0654 e. The molecule has 0 aromatic heterocycles. The molecule has 3 rings (SSSR count). The summed E-state index contributed by atoms with van der Waals surface area (Å²) >= 11 is 7.63. The molecule has 0 nitrogen and oxygen atoms in total. The molecule has 1 aliphatic rings. The third kappa shape index (κ3) is 6.75. The highest BCUT2D eigenvalue weighted by Gasteiger charge is 2.44. The van der Waals surface area contributed by atoms with Gasteiger partial charge in [0.05, 0.1) is 0 Å². The predicted molar refractivity (Wildman–Crippen MR) is 153 cm³/mol. The Labute approximate surface area is 220 Å². The van der Waals surface area contributed by atoms with Crippen molar-refractivity contribution < 1.29 is 0 Å². The van der Waals surface area contributed by atoms with Crippen molar-refractivity contribution in [1.29, 1.82) is 0 Å². The lowest BCUT2D eigenvalue weighted by molar-refractivity contribution is 0.292. The molecule has 0 heterocycles. The number of rotatable bonds is 14. The fourth-order valence-electron chi connectivity index (χ4n) is 6.20. The molecular weight excluding hydrogens is 532 g/mol. The molecule has 0 bridgehead atoms. The highest BCUT2D eigenvalue weighted by Crippen LogP contribution is 2.56. The van der Waals surface area contributed by atoms with Crippen molar-refractivity contribution in [3.63, 3.8) is 0 Å². The fraction of sp³-hybridized carbons (Fsp3) is 0.613. The van der Waals surface area contributed by atoms with Crippen LogP contribution in [-0.2, 0) is 5.41 Å². The van der Waals surface area contributed by atoms with Crippen molar-refractivity contribution in [1.82, 2.24) is 0 Å². The van der Waals surface area contributed by atoms with Crippen molar-refractivity contribution >= 4 is 31.9 Å². The van der Waals surface area contributed by atoms with Gasteiger partial charge in [0, 0.05) is 14.4 Å². The molecular formula is C31H44Br2. The molecule has 0 N–H and O–H groups in total. The topological polar surface area (TPSA) is 0 Å². The van der Waals surface area contributed by atoms with Crippen molar-refractivity contribution in [3.05, 3.63) is 56.5 Å². The number of hydrogen-bond donors (Lipinski definition) is 0. The first-order valence-corrected chi connectivity index (χ1v) is 15.1. The SMILES string of the molecule is CCCCCC[C@H](C)CC1(C[C@@H](C)CCCCCC)c2cc(Br)ccc2-c2ccc(Br)cc21. The van der Waals surface area contributed by atoms with E-state index in [4.69, 9.17) is 0 Å². The summed E-state index contributed by atoms with van der Waals surface area (Å²) < 4.78 is 2.42. The second-order valence-corrected chi connectivity index (χ2v) is 12.6. The second kappa shape index (κ2) is 12.9. The third-order valence-electron chi connectivity index (χ3n) is 7.78. The van der Waals surface area contributed by atoms with Crippen LogP contribution < -0.4 is 0 Å². The lowest BCUT2D eigenvalue weighted by Crippen LogP contribution is -2.30. The van der Waals surface area contributed by atoms with E-state index >= 15 is 0 Å². The zero-order valence-corrected chi connectivity index (χ0v) is 24.5. The zero-order valence-electron chi connectivity index (χ0n) is 21.4. The number of benzene rings is 2. The van der Waals surface area contributed by atoms with Gasteiger partial charge >= 0.3 is 0 Å². The molecule has 182 valence electrons. The van der Waals surface area contributed by atoms with Crippen LogP contribution in [0.5, 0.6) is 0 Å². The quantitative estimate of drug-likeness (QED) is 0.196. The van der Waals surface area contributed by atoms with Crippen LogP contribution in [-0.4, -0.2) is 0 Å². The van der Waals surface area contributed by atoms with Crippen LogP contribution in [0.2, 0.25) is 0 Å². The van der Waals surface area contributed by atoms with Gasteiger partial charge in [-0.2, -0.15) is 0 Å². The Bertz CT molecular complexity index is 811. The minimum atomic E-state index is 0.118. The lowest BCUT2D eigenvalue weighted by atomic mass is 9.66. The lowest BCUT2D eigenvalue weighted by Gasteiger charge is -2.37. The number of halogens is 2. The van der Waals surface area contributed by atoms with Crippen LogP contribution in [0.4, 0.5) is 0 Å². The van der Waals surface area contributed by atoms with E-state index in [1.54, 1.807) is 11.1 Å². The van der Waals surface area contributed by atoms with E-state index in [1.165, 1.54) is 97.1 Å². The summed E-state index contributed by atoms with van der Waals surface area (Å²) in [6.45, 7) is 9.63. The molecule has 1 aliphatic carbocycles. The molecule has 0 amide bonds. The molecule has 0 unspecified atom stereocenters. The van der Waals surface area contributed by atoms with Crippen molar-refractivity contribution in [2.75, 3.05) is 0 Å². The first kappa shape index (κ1) is 27.0. The smallest absolute Gasteiger partial charge is 0.0221 e. The summed E-state index contributed by atoms with van der Waals surface area (Å²) in [5.74, 6) is 1.46. The van der Waals surface area contributed by atoms with Crippen LogP contribution in [0.15, 0.2) is 45.3 Å². The van der Waals surface area contributed by atoms with Gasteiger partial charge in [0.25, 0.3) is 0 Å². The molecule has 2 heteroatoms. The summed E-state index contributed by atoms with van der Waals surface area (Å²) in [5.41, 5.74) is 6.15. The van der Waals surface area contributed by atoms with Crippen molar-refractivity contribution in [3.8, 4) is 11.1 Å². The van der Waals surface area contributed by atoms with Crippen LogP contribution in [0.25, 0.3) is 11.1 Å². The average Bonchev–Trinajstić information content (AvgIpc) is 3.02. The van der Waals surface area contributed by atoms with Gasteiger partial charge < -0.3 is 0 Å².